The highest BCUT2D eigenvalue weighted by Gasteiger charge is 2.33. The molecule has 0 saturated heterocycles. The topological polar surface area (TPSA) is 41.1 Å². The zero-order valence-electron chi connectivity index (χ0n) is 15.9. The van der Waals surface area contributed by atoms with Crippen LogP contribution in [0.4, 0.5) is 0 Å². The van der Waals surface area contributed by atoms with Crippen LogP contribution in [0.2, 0.25) is 0 Å². The van der Waals surface area contributed by atoms with E-state index in [1.807, 2.05) is 13.1 Å². The Bertz CT molecular complexity index is 1090. The second-order valence-electron chi connectivity index (χ2n) is 7.08. The highest BCUT2D eigenvalue weighted by atomic mass is 32.1. The number of hydrogen-bond acceptors (Lipinski definition) is 4. The van der Waals surface area contributed by atoms with Crippen LogP contribution in [0.15, 0.2) is 60.1 Å². The van der Waals surface area contributed by atoms with Crippen LogP contribution in [-0.4, -0.2) is 28.0 Å². The van der Waals surface area contributed by atoms with Crippen molar-refractivity contribution in [2.75, 3.05) is 13.2 Å². The molecule has 1 unspecified atom stereocenters. The van der Waals surface area contributed by atoms with E-state index in [2.05, 4.69) is 68.8 Å². The Kier molecular flexibility index (Phi) is 4.63. The van der Waals surface area contributed by atoms with Gasteiger partial charge in [-0.3, -0.25) is 4.90 Å². The lowest BCUT2D eigenvalue weighted by atomic mass is 9.92. The first kappa shape index (κ1) is 17.5. The zero-order chi connectivity index (χ0) is 18.9. The van der Waals surface area contributed by atoms with E-state index >= 15 is 0 Å². The average Bonchev–Trinajstić information content (AvgIpc) is 3.36. The second kappa shape index (κ2) is 7.41. The van der Waals surface area contributed by atoms with Crippen molar-refractivity contribution in [3.05, 3.63) is 81.9 Å². The Labute approximate surface area is 168 Å². The number of thiazole rings is 1. The fourth-order valence-electron chi connectivity index (χ4n) is 4.31. The molecule has 5 heteroatoms. The fourth-order valence-corrected chi connectivity index (χ4v) is 4.95. The van der Waals surface area contributed by atoms with E-state index in [0.717, 1.165) is 30.3 Å². The minimum Gasteiger partial charge on any atom is -0.494 e. The van der Waals surface area contributed by atoms with Gasteiger partial charge in [-0.05, 0) is 31.0 Å². The predicted octanol–water partition coefficient (Wildman–Crippen LogP) is 5.17. The van der Waals surface area contributed by atoms with E-state index in [-0.39, 0.29) is 6.04 Å². The number of aromatic nitrogens is 2. The number of H-pyrrole nitrogens is 1. The number of ether oxygens (including phenoxy) is 1. The molecule has 1 aliphatic heterocycles. The molecule has 0 radical (unpaired) electrons. The van der Waals surface area contributed by atoms with Crippen LogP contribution < -0.4 is 4.74 Å². The molecule has 0 fully saturated rings. The van der Waals surface area contributed by atoms with Gasteiger partial charge in [0.2, 0.25) is 0 Å². The van der Waals surface area contributed by atoms with Crippen LogP contribution in [-0.2, 0) is 13.0 Å². The number of nitrogens with one attached hydrogen (secondary N) is 1. The van der Waals surface area contributed by atoms with Crippen molar-refractivity contribution in [2.24, 2.45) is 0 Å². The van der Waals surface area contributed by atoms with E-state index in [4.69, 9.17) is 4.74 Å². The molecule has 4 aromatic rings. The Morgan fingerprint density at radius 1 is 1.18 bits per heavy atom. The monoisotopic (exact) mass is 389 g/mol. The van der Waals surface area contributed by atoms with E-state index in [1.165, 1.54) is 27.7 Å². The summed E-state index contributed by atoms with van der Waals surface area (Å²) >= 11 is 1.72. The number of aromatic amines is 1. The van der Waals surface area contributed by atoms with Crippen molar-refractivity contribution < 1.29 is 4.74 Å². The third-order valence-electron chi connectivity index (χ3n) is 5.47. The molecule has 28 heavy (non-hydrogen) atoms. The van der Waals surface area contributed by atoms with Gasteiger partial charge < -0.3 is 9.72 Å². The van der Waals surface area contributed by atoms with Crippen LogP contribution in [0.3, 0.4) is 0 Å². The van der Waals surface area contributed by atoms with Crippen molar-refractivity contribution in [3.63, 3.8) is 0 Å². The molecule has 0 spiro atoms. The van der Waals surface area contributed by atoms with Crippen molar-refractivity contribution in [2.45, 2.75) is 25.9 Å². The van der Waals surface area contributed by atoms with Gasteiger partial charge in [-0.1, -0.05) is 36.4 Å². The van der Waals surface area contributed by atoms with Crippen molar-refractivity contribution >= 4 is 22.2 Å². The molecule has 1 aliphatic rings. The molecule has 0 bridgehead atoms. The van der Waals surface area contributed by atoms with E-state index in [9.17, 15) is 0 Å². The van der Waals surface area contributed by atoms with Crippen LogP contribution in [0.5, 0.6) is 5.75 Å². The molecular formula is C23H23N3OS. The molecule has 2 aromatic heterocycles. The maximum absolute atomic E-state index is 6.01. The molecule has 2 aromatic carbocycles. The standard InChI is InChI=1S/C23H23N3OS/c1-2-27-20-10-6-4-8-18(20)23-22-17(16-7-3-5-9-19(16)25-22)11-13-26(23)15-21-24-12-14-28-21/h3-10,12,14,23,25H,2,11,13,15H2,1H3. The Morgan fingerprint density at radius 3 is 2.89 bits per heavy atom. The highest BCUT2D eigenvalue weighted by Crippen LogP contribution is 2.42. The summed E-state index contributed by atoms with van der Waals surface area (Å²) < 4.78 is 6.01. The van der Waals surface area contributed by atoms with Gasteiger partial charge in [-0.15, -0.1) is 11.3 Å². The van der Waals surface area contributed by atoms with Crippen LogP contribution in [0.25, 0.3) is 10.9 Å². The van der Waals surface area contributed by atoms with Crippen LogP contribution in [0.1, 0.15) is 34.8 Å². The van der Waals surface area contributed by atoms with Crippen molar-refractivity contribution in [3.8, 4) is 5.75 Å². The summed E-state index contributed by atoms with van der Waals surface area (Å²) in [7, 11) is 0. The molecule has 3 heterocycles. The molecule has 5 rings (SSSR count). The van der Waals surface area contributed by atoms with Crippen molar-refractivity contribution in [1.29, 1.82) is 0 Å². The number of benzene rings is 2. The number of nitrogens with zero attached hydrogens (tertiary/aromatic N) is 2. The Hall–Kier alpha value is -2.63. The third kappa shape index (κ3) is 3.01. The number of para-hydroxylation sites is 2. The molecular weight excluding hydrogens is 366 g/mol. The highest BCUT2D eigenvalue weighted by molar-refractivity contribution is 7.09. The molecule has 0 aliphatic carbocycles. The molecule has 1 N–H and O–H groups in total. The van der Waals surface area contributed by atoms with Gasteiger partial charge in [0.25, 0.3) is 0 Å². The predicted molar refractivity (Wildman–Crippen MR) is 114 cm³/mol. The van der Waals surface area contributed by atoms with E-state index in [1.54, 1.807) is 11.3 Å². The van der Waals surface area contributed by atoms with Gasteiger partial charge in [0.15, 0.2) is 0 Å². The van der Waals surface area contributed by atoms with Crippen molar-refractivity contribution in [1.82, 2.24) is 14.9 Å². The summed E-state index contributed by atoms with van der Waals surface area (Å²) in [5.41, 5.74) is 5.15. The summed E-state index contributed by atoms with van der Waals surface area (Å²) in [4.78, 5) is 10.8. The number of fused-ring (bicyclic) bond motifs is 3. The molecule has 1 atom stereocenters. The molecule has 0 amide bonds. The molecule has 0 saturated carbocycles. The number of rotatable bonds is 5. The SMILES string of the molecule is CCOc1ccccc1C1c2[nH]c3ccccc3c2CCN1Cc1nccs1. The van der Waals surface area contributed by atoms with Gasteiger partial charge in [-0.25, -0.2) is 4.98 Å². The Morgan fingerprint density at radius 2 is 2.04 bits per heavy atom. The maximum atomic E-state index is 6.01. The quantitative estimate of drug-likeness (QED) is 0.512. The van der Waals surface area contributed by atoms with Crippen LogP contribution >= 0.6 is 11.3 Å². The lowest BCUT2D eigenvalue weighted by Crippen LogP contribution is -2.35. The summed E-state index contributed by atoms with van der Waals surface area (Å²) in [6.07, 6.45) is 2.93. The van der Waals surface area contributed by atoms with Crippen LogP contribution in [0, 0.1) is 0 Å². The lowest BCUT2D eigenvalue weighted by Gasteiger charge is -2.36. The Balaban J connectivity index is 1.66. The van der Waals surface area contributed by atoms with E-state index in [0.29, 0.717) is 6.61 Å². The normalized spacial score (nSPS) is 17.0. The first-order chi connectivity index (χ1) is 13.8. The summed E-state index contributed by atoms with van der Waals surface area (Å²) in [5, 5.41) is 4.54. The largest absolute Gasteiger partial charge is 0.494 e. The zero-order valence-corrected chi connectivity index (χ0v) is 16.7. The van der Waals surface area contributed by atoms with Gasteiger partial charge in [0.1, 0.15) is 10.8 Å². The summed E-state index contributed by atoms with van der Waals surface area (Å²) in [5.74, 6) is 0.964. The van der Waals surface area contributed by atoms with Gasteiger partial charge >= 0.3 is 0 Å². The molecule has 4 nitrogen and oxygen atoms in total. The molecule has 142 valence electrons. The van der Waals surface area contributed by atoms with Gasteiger partial charge in [-0.2, -0.15) is 0 Å². The smallest absolute Gasteiger partial charge is 0.124 e. The fraction of sp³-hybridized carbons (Fsp3) is 0.261. The first-order valence-corrected chi connectivity index (χ1v) is 10.7. The third-order valence-corrected chi connectivity index (χ3v) is 6.23. The maximum Gasteiger partial charge on any atom is 0.124 e. The lowest BCUT2D eigenvalue weighted by molar-refractivity contribution is 0.196. The van der Waals surface area contributed by atoms with Gasteiger partial charge in [0, 0.05) is 40.3 Å². The van der Waals surface area contributed by atoms with Gasteiger partial charge in [0.05, 0.1) is 19.2 Å². The minimum atomic E-state index is 0.128. The van der Waals surface area contributed by atoms with E-state index < -0.39 is 0 Å². The second-order valence-corrected chi connectivity index (χ2v) is 8.06. The average molecular weight is 390 g/mol. The number of hydrogen-bond donors (Lipinski definition) is 1. The summed E-state index contributed by atoms with van der Waals surface area (Å²) in [6.45, 7) is 4.55. The first-order valence-electron chi connectivity index (χ1n) is 9.78. The minimum absolute atomic E-state index is 0.128. The summed E-state index contributed by atoms with van der Waals surface area (Å²) in [6, 6.07) is 17.2.